The molecule has 0 saturated carbocycles. The summed E-state index contributed by atoms with van der Waals surface area (Å²) >= 11 is 0. The zero-order valence-corrected chi connectivity index (χ0v) is 10.5. The van der Waals surface area contributed by atoms with Crippen LogP contribution in [0.3, 0.4) is 0 Å². The maximum atomic E-state index is 11.8. The third kappa shape index (κ3) is 4.49. The van der Waals surface area contributed by atoms with E-state index >= 15 is 0 Å². The van der Waals surface area contributed by atoms with Gasteiger partial charge in [-0.05, 0) is 25.8 Å². The Bertz CT molecular complexity index is 221. The molecule has 1 atom stereocenters. The van der Waals surface area contributed by atoms with Crippen molar-refractivity contribution < 1.29 is 9.90 Å². The highest BCUT2D eigenvalue weighted by molar-refractivity contribution is 5.77. The molecule has 1 aliphatic heterocycles. The number of nitrogens with zero attached hydrogens (tertiary/aromatic N) is 2. The Morgan fingerprint density at radius 1 is 1.56 bits per heavy atom. The zero-order chi connectivity index (χ0) is 12.0. The number of hydrogen-bond donors (Lipinski definition) is 1. The predicted octanol–water partition coefficient (Wildman–Crippen LogP) is 0.702. The average Bonchev–Trinajstić information content (AvgIpc) is 2.25. The highest BCUT2D eigenvalue weighted by atomic mass is 16.3. The minimum Gasteiger partial charge on any atom is -0.392 e. The van der Waals surface area contributed by atoms with Gasteiger partial charge in [-0.15, -0.1) is 0 Å². The Hall–Kier alpha value is -0.610. The van der Waals surface area contributed by atoms with Crippen LogP contribution in [0.15, 0.2) is 0 Å². The number of unbranched alkanes of at least 4 members (excludes halogenated alkanes) is 1. The summed E-state index contributed by atoms with van der Waals surface area (Å²) in [7, 11) is 1.86. The molecule has 1 saturated heterocycles. The van der Waals surface area contributed by atoms with E-state index < -0.39 is 0 Å². The first-order valence-electron chi connectivity index (χ1n) is 6.28. The van der Waals surface area contributed by atoms with Crippen molar-refractivity contribution >= 4 is 5.91 Å². The molecule has 0 bridgehead atoms. The number of hydrogen-bond acceptors (Lipinski definition) is 3. The van der Waals surface area contributed by atoms with Crippen molar-refractivity contribution in [2.75, 3.05) is 33.2 Å². The fraction of sp³-hybridized carbons (Fsp3) is 0.917. The third-order valence-corrected chi connectivity index (χ3v) is 3.11. The van der Waals surface area contributed by atoms with Crippen molar-refractivity contribution in [3.63, 3.8) is 0 Å². The topological polar surface area (TPSA) is 43.8 Å². The molecule has 1 N–H and O–H groups in total. The largest absolute Gasteiger partial charge is 0.392 e. The lowest BCUT2D eigenvalue weighted by Gasteiger charge is -2.30. The number of rotatable bonds is 5. The van der Waals surface area contributed by atoms with Crippen molar-refractivity contribution in [1.82, 2.24) is 9.80 Å². The zero-order valence-electron chi connectivity index (χ0n) is 10.5. The summed E-state index contributed by atoms with van der Waals surface area (Å²) in [6.07, 6.45) is 3.79. The highest BCUT2D eigenvalue weighted by Crippen LogP contribution is 2.09. The van der Waals surface area contributed by atoms with E-state index in [9.17, 15) is 9.90 Å². The number of carbonyl (C=O) groups is 1. The second-order valence-electron chi connectivity index (χ2n) is 4.70. The quantitative estimate of drug-likeness (QED) is 0.753. The van der Waals surface area contributed by atoms with Crippen LogP contribution in [-0.2, 0) is 4.79 Å². The van der Waals surface area contributed by atoms with Crippen molar-refractivity contribution in [3.8, 4) is 0 Å². The lowest BCUT2D eigenvalue weighted by atomic mass is 10.1. The van der Waals surface area contributed by atoms with E-state index in [4.69, 9.17) is 0 Å². The average molecular weight is 228 g/mol. The van der Waals surface area contributed by atoms with Crippen molar-refractivity contribution in [1.29, 1.82) is 0 Å². The van der Waals surface area contributed by atoms with E-state index in [0.717, 1.165) is 38.8 Å². The summed E-state index contributed by atoms with van der Waals surface area (Å²) < 4.78 is 0. The third-order valence-electron chi connectivity index (χ3n) is 3.11. The molecule has 1 aliphatic rings. The van der Waals surface area contributed by atoms with E-state index in [1.165, 1.54) is 0 Å². The van der Waals surface area contributed by atoms with E-state index in [0.29, 0.717) is 13.1 Å². The molecule has 1 fully saturated rings. The molecule has 4 nitrogen and oxygen atoms in total. The van der Waals surface area contributed by atoms with Gasteiger partial charge in [0, 0.05) is 20.1 Å². The van der Waals surface area contributed by atoms with Gasteiger partial charge < -0.3 is 10.0 Å². The van der Waals surface area contributed by atoms with Crippen LogP contribution in [0, 0.1) is 0 Å². The summed E-state index contributed by atoms with van der Waals surface area (Å²) in [5, 5.41) is 9.51. The SMILES string of the molecule is CCCCN(C)C(=O)CN1CCC[C@@H](O)C1. The van der Waals surface area contributed by atoms with Crippen molar-refractivity contribution in [3.05, 3.63) is 0 Å². The number of piperidine rings is 1. The molecule has 0 aromatic carbocycles. The first-order valence-corrected chi connectivity index (χ1v) is 6.28. The molecule has 16 heavy (non-hydrogen) atoms. The maximum absolute atomic E-state index is 11.8. The summed E-state index contributed by atoms with van der Waals surface area (Å²) in [4.78, 5) is 15.7. The normalized spacial score (nSPS) is 22.1. The highest BCUT2D eigenvalue weighted by Gasteiger charge is 2.20. The Morgan fingerprint density at radius 2 is 2.31 bits per heavy atom. The van der Waals surface area contributed by atoms with Crippen LogP contribution < -0.4 is 0 Å². The van der Waals surface area contributed by atoms with E-state index in [1.54, 1.807) is 4.90 Å². The summed E-state index contributed by atoms with van der Waals surface area (Å²) in [5.74, 6) is 0.169. The summed E-state index contributed by atoms with van der Waals surface area (Å²) in [6, 6.07) is 0. The first-order chi connectivity index (χ1) is 7.63. The number of β-amino-alcohol motifs (C(OH)–C–C–N with tert-alkyl or cyclic N) is 1. The van der Waals surface area contributed by atoms with Gasteiger partial charge in [-0.3, -0.25) is 9.69 Å². The minimum absolute atomic E-state index is 0.169. The fourth-order valence-corrected chi connectivity index (χ4v) is 2.01. The predicted molar refractivity (Wildman–Crippen MR) is 64.2 cm³/mol. The molecule has 0 aromatic rings. The summed E-state index contributed by atoms with van der Waals surface area (Å²) in [5.41, 5.74) is 0. The van der Waals surface area contributed by atoms with Gasteiger partial charge in [0.15, 0.2) is 0 Å². The number of likely N-dealkylation sites (N-methyl/N-ethyl adjacent to an activating group) is 1. The lowest BCUT2D eigenvalue weighted by Crippen LogP contribution is -2.44. The van der Waals surface area contributed by atoms with Gasteiger partial charge in [-0.25, -0.2) is 0 Å². The molecule has 0 spiro atoms. The van der Waals surface area contributed by atoms with Crippen LogP contribution in [0.5, 0.6) is 0 Å². The molecular weight excluding hydrogens is 204 g/mol. The van der Waals surface area contributed by atoms with Gasteiger partial charge in [-0.2, -0.15) is 0 Å². The Morgan fingerprint density at radius 3 is 2.94 bits per heavy atom. The van der Waals surface area contributed by atoms with Gasteiger partial charge in [0.05, 0.1) is 12.6 Å². The monoisotopic (exact) mass is 228 g/mol. The van der Waals surface area contributed by atoms with E-state index in [2.05, 4.69) is 11.8 Å². The smallest absolute Gasteiger partial charge is 0.236 e. The Kier molecular flexibility index (Phi) is 5.77. The van der Waals surface area contributed by atoms with Crippen LogP contribution in [0.1, 0.15) is 32.6 Å². The maximum Gasteiger partial charge on any atom is 0.236 e. The molecule has 4 heteroatoms. The number of likely N-dealkylation sites (tertiary alicyclic amines) is 1. The number of amides is 1. The van der Waals surface area contributed by atoms with Crippen LogP contribution in [0.4, 0.5) is 0 Å². The van der Waals surface area contributed by atoms with Crippen LogP contribution >= 0.6 is 0 Å². The Balaban J connectivity index is 2.26. The molecule has 94 valence electrons. The van der Waals surface area contributed by atoms with Crippen LogP contribution in [-0.4, -0.2) is 60.1 Å². The Labute approximate surface area is 98.2 Å². The number of aliphatic hydroxyl groups is 1. The first kappa shape index (κ1) is 13.5. The van der Waals surface area contributed by atoms with Gasteiger partial charge in [0.25, 0.3) is 0 Å². The fourth-order valence-electron chi connectivity index (χ4n) is 2.01. The van der Waals surface area contributed by atoms with Gasteiger partial charge in [0.2, 0.25) is 5.91 Å². The van der Waals surface area contributed by atoms with Crippen LogP contribution in [0.2, 0.25) is 0 Å². The van der Waals surface area contributed by atoms with Gasteiger partial charge in [0.1, 0.15) is 0 Å². The molecule has 0 aromatic heterocycles. The van der Waals surface area contributed by atoms with E-state index in [1.807, 2.05) is 7.05 Å². The van der Waals surface area contributed by atoms with Crippen LogP contribution in [0.25, 0.3) is 0 Å². The van der Waals surface area contributed by atoms with Crippen molar-refractivity contribution in [2.45, 2.75) is 38.7 Å². The number of aliphatic hydroxyl groups excluding tert-OH is 1. The molecular formula is C12H24N2O2. The second-order valence-corrected chi connectivity index (χ2v) is 4.70. The minimum atomic E-state index is -0.248. The lowest BCUT2D eigenvalue weighted by molar-refractivity contribution is -0.131. The standard InChI is InChI=1S/C12H24N2O2/c1-3-4-7-13(2)12(16)10-14-8-5-6-11(15)9-14/h11,15H,3-10H2,1-2H3/t11-/m1/s1. The van der Waals surface area contributed by atoms with Gasteiger partial charge >= 0.3 is 0 Å². The van der Waals surface area contributed by atoms with E-state index in [-0.39, 0.29) is 12.0 Å². The molecule has 1 amide bonds. The molecule has 1 heterocycles. The second kappa shape index (κ2) is 6.86. The molecule has 0 aliphatic carbocycles. The summed E-state index contributed by atoms with van der Waals surface area (Å²) in [6.45, 7) is 5.00. The number of carbonyl (C=O) groups excluding carboxylic acids is 1. The molecule has 1 rings (SSSR count). The van der Waals surface area contributed by atoms with Crippen molar-refractivity contribution in [2.24, 2.45) is 0 Å². The molecule has 0 radical (unpaired) electrons. The van der Waals surface area contributed by atoms with Gasteiger partial charge in [-0.1, -0.05) is 13.3 Å². The molecule has 0 unspecified atom stereocenters.